The van der Waals surface area contributed by atoms with E-state index in [0.717, 1.165) is 55.5 Å². The minimum Gasteiger partial charge on any atom is -0.449 e. The Morgan fingerprint density at radius 2 is 1.12 bits per heavy atom. The van der Waals surface area contributed by atoms with Crippen LogP contribution in [0.15, 0.2) is 92.1 Å². The second kappa shape index (κ2) is 38.0. The number of anilines is 1. The number of hydrogen-bond acceptors (Lipinski definition) is 35. The minimum atomic E-state index is -1.72. The van der Waals surface area contributed by atoms with E-state index in [-0.39, 0.29) is 73.9 Å². The van der Waals surface area contributed by atoms with Crippen molar-refractivity contribution in [2.45, 2.75) is 163 Å². The lowest BCUT2D eigenvalue weighted by Gasteiger charge is -2.43. The Morgan fingerprint density at radius 3 is 1.61 bits per heavy atom. The first-order valence-corrected chi connectivity index (χ1v) is 39.7. The van der Waals surface area contributed by atoms with Crippen molar-refractivity contribution in [2.24, 2.45) is 17.3 Å². The van der Waals surface area contributed by atoms with Crippen LogP contribution >= 0.6 is 21.6 Å². The average Bonchev–Trinajstić information content (AvgIpc) is 0.746. The molecular formula is C72H98N16O24S2. The van der Waals surface area contributed by atoms with Crippen LogP contribution < -0.4 is 10.2 Å². The van der Waals surface area contributed by atoms with E-state index in [4.69, 9.17) is 37.9 Å². The van der Waals surface area contributed by atoms with Gasteiger partial charge in [-0.05, 0) is 61.6 Å². The number of imide groups is 1. The summed E-state index contributed by atoms with van der Waals surface area (Å²) >= 11 is 0. The van der Waals surface area contributed by atoms with Gasteiger partial charge in [0, 0.05) is 65.3 Å². The van der Waals surface area contributed by atoms with Crippen LogP contribution in [0.25, 0.3) is 10.8 Å². The molecule has 1 aliphatic carbocycles. The van der Waals surface area contributed by atoms with E-state index >= 15 is 0 Å². The van der Waals surface area contributed by atoms with E-state index in [0.29, 0.717) is 66.4 Å². The quantitative estimate of drug-likeness (QED) is 0.00861. The Balaban J connectivity index is 0.628. The molecule has 4 aromatic heterocycles. The largest absolute Gasteiger partial charge is 0.449 e. The molecule has 12 rings (SSSR count). The van der Waals surface area contributed by atoms with Crippen molar-refractivity contribution in [3.05, 3.63) is 126 Å². The molecule has 0 bridgehead atoms. The standard InChI is InChI=1S/C72H98N16O24S2/c1-6-71(5)13-12-41(22-49(71)39(2)3)40(4)23-84-24-42(74-78-84)25-85-65(102)47-9-7-8-46-50(11-10-48(55(46)47)66(85)103)82-14-16-83(17-15-82)70(104)109-19-21-114-113-20-18-105-35-54(92)73-72(36-106-32-43-26-86(79-75-43)67-62(99)59(96)56(93)51(29-89)110-67,37-107-33-44-27-87(80-76-44)68-63(100)60(97)57(94)52(30-90)111-68)38-108-34-45-28-88(81-77-45)69-64(101)61(98)58(95)53(31-91)112-69/h6-11,24,26-28,41,49,51-53,56-64,67-69,89-91,93-101H,1-2,4,12-23,25,29-38H2,3,5H3,(H,73,92)/t41-,49+,51-,52-,53-,56+,57+,58+,59+,60+,61+,62-,63-,64-,67-,68-,69-,71-/m1/s1. The molecular weight excluding hydrogens is 1540 g/mol. The lowest BCUT2D eigenvalue weighted by molar-refractivity contribution is -0.254. The summed E-state index contributed by atoms with van der Waals surface area (Å²) in [5.41, 5.74) is 2.92. The third-order valence-electron chi connectivity index (χ3n) is 21.5. The van der Waals surface area contributed by atoms with Crippen LogP contribution in [0.4, 0.5) is 10.5 Å². The van der Waals surface area contributed by atoms with Crippen LogP contribution in [0.3, 0.4) is 0 Å². The van der Waals surface area contributed by atoms with Gasteiger partial charge in [-0.3, -0.25) is 19.3 Å². The lowest BCUT2D eigenvalue weighted by Crippen LogP contribution is -2.59. The molecule has 0 spiro atoms. The molecule has 9 heterocycles. The Morgan fingerprint density at radius 1 is 0.632 bits per heavy atom. The zero-order valence-corrected chi connectivity index (χ0v) is 64.4. The van der Waals surface area contributed by atoms with Crippen molar-refractivity contribution in [1.82, 2.24) is 75.1 Å². The fourth-order valence-corrected chi connectivity index (χ4v) is 16.7. The number of aromatic nitrogens is 12. The summed E-state index contributed by atoms with van der Waals surface area (Å²) in [6.45, 7) is 14.3. The maximum atomic E-state index is 14.2. The van der Waals surface area contributed by atoms with Crippen LogP contribution in [0, 0.1) is 17.3 Å². The lowest BCUT2D eigenvalue weighted by atomic mass is 9.61. The Bertz CT molecular complexity index is 4100. The van der Waals surface area contributed by atoms with Crippen LogP contribution in [0.5, 0.6) is 0 Å². The van der Waals surface area contributed by atoms with Gasteiger partial charge in [-0.1, -0.05) is 91.9 Å². The van der Waals surface area contributed by atoms with E-state index in [1.54, 1.807) is 34.0 Å². The number of piperazine rings is 1. The van der Waals surface area contributed by atoms with Gasteiger partial charge in [-0.25, -0.2) is 23.5 Å². The fourth-order valence-electron chi connectivity index (χ4n) is 15.0. The summed E-state index contributed by atoms with van der Waals surface area (Å²) in [5.74, 6) is -0.214. The first kappa shape index (κ1) is 85.5. The second-order valence-corrected chi connectivity index (χ2v) is 32.2. The van der Waals surface area contributed by atoms with Gasteiger partial charge in [0.05, 0.1) is 104 Å². The number of nitrogens with zero attached hydrogens (tertiary/aromatic N) is 15. The molecule has 42 heteroatoms. The summed E-state index contributed by atoms with van der Waals surface area (Å²) in [6, 6.07) is 9.03. The normalized spacial score (nSPS) is 28.8. The van der Waals surface area contributed by atoms with E-state index in [1.807, 2.05) is 18.2 Å². The number of aliphatic hydroxyl groups excluding tert-OH is 12. The highest BCUT2D eigenvalue weighted by molar-refractivity contribution is 8.76. The number of carbonyl (C=O) groups is 4. The summed E-state index contributed by atoms with van der Waals surface area (Å²) in [5, 5.41) is 161. The molecule has 1 saturated carbocycles. The zero-order chi connectivity index (χ0) is 81.3. The van der Waals surface area contributed by atoms with Gasteiger partial charge in [0.1, 0.15) is 115 Å². The van der Waals surface area contributed by atoms with Gasteiger partial charge in [-0.15, -0.1) is 27.0 Å². The number of nitrogens with one attached hydrogen (secondary N) is 1. The third kappa shape index (κ3) is 19.2. The summed E-state index contributed by atoms with van der Waals surface area (Å²) in [7, 11) is 2.82. The Labute approximate surface area is 661 Å². The van der Waals surface area contributed by atoms with Crippen LogP contribution in [0.2, 0.25) is 0 Å². The molecule has 114 heavy (non-hydrogen) atoms. The highest BCUT2D eigenvalue weighted by Crippen LogP contribution is 2.49. The van der Waals surface area contributed by atoms with Crippen molar-refractivity contribution in [2.75, 3.05) is 102 Å². The number of carbonyl (C=O) groups excluding carboxylic acids is 4. The molecule has 13 N–H and O–H groups in total. The van der Waals surface area contributed by atoms with Gasteiger partial charge in [0.2, 0.25) is 5.91 Å². The number of aliphatic hydroxyl groups is 12. The van der Waals surface area contributed by atoms with Crippen LogP contribution in [0.1, 0.15) is 95.3 Å². The predicted molar refractivity (Wildman–Crippen MR) is 399 cm³/mol. The van der Waals surface area contributed by atoms with Gasteiger partial charge >= 0.3 is 6.09 Å². The molecule has 0 unspecified atom stereocenters. The van der Waals surface area contributed by atoms with Crippen LogP contribution in [-0.4, -0.2) is 331 Å². The molecule has 2 aromatic carbocycles. The average molecular weight is 1640 g/mol. The molecule has 5 fully saturated rings. The molecule has 18 atom stereocenters. The maximum Gasteiger partial charge on any atom is 0.409 e. The number of benzene rings is 2. The monoisotopic (exact) mass is 1630 g/mol. The number of hydrogen-bond donors (Lipinski definition) is 13. The number of rotatable bonds is 36. The number of allylic oxidation sites excluding steroid dienone is 3. The van der Waals surface area contributed by atoms with Crippen molar-refractivity contribution < 1.29 is 118 Å². The smallest absolute Gasteiger partial charge is 0.409 e. The third-order valence-corrected chi connectivity index (χ3v) is 23.8. The van der Waals surface area contributed by atoms with Crippen molar-refractivity contribution in [3.8, 4) is 0 Å². The van der Waals surface area contributed by atoms with E-state index in [9.17, 15) is 80.5 Å². The summed E-state index contributed by atoms with van der Waals surface area (Å²) in [6.07, 6.45) is -13.1. The molecule has 4 saturated heterocycles. The first-order valence-electron chi connectivity index (χ1n) is 37.2. The van der Waals surface area contributed by atoms with Gasteiger partial charge in [0.15, 0.2) is 18.7 Å². The molecule has 622 valence electrons. The van der Waals surface area contributed by atoms with Gasteiger partial charge < -0.3 is 114 Å². The van der Waals surface area contributed by atoms with Gasteiger partial charge in [-0.2, -0.15) is 0 Å². The number of amides is 4. The topological polar surface area (TPSA) is 529 Å². The second-order valence-electron chi connectivity index (χ2n) is 29.5. The highest BCUT2D eigenvalue weighted by atomic mass is 33.1. The molecule has 5 aliphatic heterocycles. The molecule has 40 nitrogen and oxygen atoms in total. The van der Waals surface area contributed by atoms with Crippen LogP contribution in [-0.2, 0) is 75.6 Å². The highest BCUT2D eigenvalue weighted by Gasteiger charge is 2.49. The zero-order valence-electron chi connectivity index (χ0n) is 62.8. The molecule has 6 aliphatic rings. The summed E-state index contributed by atoms with van der Waals surface area (Å²) < 4.78 is 51.8. The SMILES string of the molecule is C=C[C@]1(C)CC[C@@H](C(=C)Cn2cc(CN3C(=O)c4cccc5c(N6CCN(C(=O)OCCSSCCOCC(=O)NC(COCc7cn([C@@H]8O[C@H](CO)[C@H](O)[C@H](O)[C@H]8O)nn7)(COCc7cn([C@@H]8O[C@H](CO)[C@H](O)[C@H](O)[C@H]8O)nn7)COCc7cn([C@@H]8O[C@H](CO)[C@H](O)[C@H](O)[C@H]8O)nn7)CC6)ccc(c45)C3=O)nn2)C[C@H]1C(=C)C. The van der Waals surface area contributed by atoms with Gasteiger partial charge in [0.25, 0.3) is 11.8 Å². The van der Waals surface area contributed by atoms with Crippen molar-refractivity contribution in [3.63, 3.8) is 0 Å². The Kier molecular flexibility index (Phi) is 28.5. The summed E-state index contributed by atoms with van der Waals surface area (Å²) in [4.78, 5) is 60.9. The molecule has 4 amide bonds. The molecule has 0 radical (unpaired) electrons. The van der Waals surface area contributed by atoms with Crippen molar-refractivity contribution >= 4 is 61.9 Å². The van der Waals surface area contributed by atoms with E-state index in [2.05, 4.69) is 85.0 Å². The maximum absolute atomic E-state index is 14.2. The van der Waals surface area contributed by atoms with E-state index < -0.39 is 168 Å². The Hall–Kier alpha value is -7.90. The van der Waals surface area contributed by atoms with E-state index in [1.165, 1.54) is 45.1 Å². The fraction of sp³-hybridized carbons (Fsp3) is 0.611. The van der Waals surface area contributed by atoms with Crippen molar-refractivity contribution in [1.29, 1.82) is 0 Å². The number of ether oxygens (including phenoxy) is 8. The minimum absolute atomic E-state index is 0.0216. The molecule has 6 aromatic rings. The predicted octanol–water partition coefficient (Wildman–Crippen LogP) is -2.18. The first-order chi connectivity index (χ1) is 54.8.